The van der Waals surface area contributed by atoms with Crippen LogP contribution in [0.5, 0.6) is 0 Å². The third-order valence-electron chi connectivity index (χ3n) is 4.09. The summed E-state index contributed by atoms with van der Waals surface area (Å²) in [6, 6.07) is 0.431. The van der Waals surface area contributed by atoms with Gasteiger partial charge in [-0.1, -0.05) is 6.92 Å². The fourth-order valence-corrected chi connectivity index (χ4v) is 2.39. The molecular formula is C15H32N2O2. The van der Waals surface area contributed by atoms with Crippen molar-refractivity contribution in [2.45, 2.75) is 51.6 Å². The van der Waals surface area contributed by atoms with Gasteiger partial charge in [-0.2, -0.15) is 0 Å². The standard InChI is InChI=1S/C15H32N2O2/c1-5-16-15(3,12-18)10-13(2)17(4)8-9-19-11-14-6-7-14/h13-14,16,18H,5-12H2,1-4H3. The topological polar surface area (TPSA) is 44.7 Å². The van der Waals surface area contributed by atoms with E-state index in [0.717, 1.165) is 38.6 Å². The van der Waals surface area contributed by atoms with Crippen molar-refractivity contribution < 1.29 is 9.84 Å². The normalized spacial score (nSPS) is 20.5. The van der Waals surface area contributed by atoms with Crippen molar-refractivity contribution in [3.63, 3.8) is 0 Å². The van der Waals surface area contributed by atoms with E-state index >= 15 is 0 Å². The predicted molar refractivity (Wildman–Crippen MR) is 79.4 cm³/mol. The maximum Gasteiger partial charge on any atom is 0.0611 e. The van der Waals surface area contributed by atoms with Crippen LogP contribution in [0.1, 0.15) is 40.0 Å². The van der Waals surface area contributed by atoms with Crippen LogP contribution in [0.3, 0.4) is 0 Å². The number of nitrogens with zero attached hydrogens (tertiary/aromatic N) is 1. The lowest BCUT2D eigenvalue weighted by Gasteiger charge is -2.35. The molecule has 2 unspecified atom stereocenters. The summed E-state index contributed by atoms with van der Waals surface area (Å²) in [5.41, 5.74) is -0.183. The smallest absolute Gasteiger partial charge is 0.0611 e. The van der Waals surface area contributed by atoms with Crippen LogP contribution in [0.15, 0.2) is 0 Å². The lowest BCUT2D eigenvalue weighted by Crippen LogP contribution is -2.50. The average molecular weight is 272 g/mol. The molecule has 1 aliphatic carbocycles. The second-order valence-corrected chi connectivity index (χ2v) is 6.30. The van der Waals surface area contributed by atoms with E-state index in [1.807, 2.05) is 0 Å². The first-order valence-electron chi connectivity index (χ1n) is 7.64. The maximum absolute atomic E-state index is 9.52. The molecule has 4 nitrogen and oxygen atoms in total. The van der Waals surface area contributed by atoms with Crippen molar-refractivity contribution in [1.82, 2.24) is 10.2 Å². The quantitative estimate of drug-likeness (QED) is 0.559. The van der Waals surface area contributed by atoms with Gasteiger partial charge >= 0.3 is 0 Å². The Labute approximate surface area is 118 Å². The van der Waals surface area contributed by atoms with E-state index < -0.39 is 0 Å². The number of nitrogens with one attached hydrogen (secondary N) is 1. The molecule has 4 heteroatoms. The fourth-order valence-electron chi connectivity index (χ4n) is 2.39. The first-order chi connectivity index (χ1) is 9.00. The van der Waals surface area contributed by atoms with Crippen molar-refractivity contribution in [2.75, 3.05) is 40.0 Å². The van der Waals surface area contributed by atoms with Crippen LogP contribution in [-0.2, 0) is 4.74 Å². The van der Waals surface area contributed by atoms with Crippen LogP contribution in [0.2, 0.25) is 0 Å². The van der Waals surface area contributed by atoms with Crippen molar-refractivity contribution >= 4 is 0 Å². The third-order valence-corrected chi connectivity index (χ3v) is 4.09. The Balaban J connectivity index is 2.19. The summed E-state index contributed by atoms with van der Waals surface area (Å²) >= 11 is 0. The van der Waals surface area contributed by atoms with Crippen molar-refractivity contribution in [2.24, 2.45) is 5.92 Å². The summed E-state index contributed by atoms with van der Waals surface area (Å²) in [5, 5.41) is 12.9. The molecule has 0 bridgehead atoms. The molecule has 2 N–H and O–H groups in total. The second-order valence-electron chi connectivity index (χ2n) is 6.30. The van der Waals surface area contributed by atoms with Crippen molar-refractivity contribution in [3.05, 3.63) is 0 Å². The summed E-state index contributed by atoms with van der Waals surface area (Å²) in [6.45, 7) is 10.2. The molecule has 0 amide bonds. The number of aliphatic hydroxyl groups excluding tert-OH is 1. The Morgan fingerprint density at radius 3 is 2.68 bits per heavy atom. The van der Waals surface area contributed by atoms with E-state index in [-0.39, 0.29) is 12.1 Å². The Morgan fingerprint density at radius 1 is 1.47 bits per heavy atom. The molecule has 0 aliphatic heterocycles. The van der Waals surface area contributed by atoms with Gasteiger partial charge in [0, 0.05) is 24.7 Å². The number of likely N-dealkylation sites (N-methyl/N-ethyl adjacent to an activating group) is 2. The lowest BCUT2D eigenvalue weighted by molar-refractivity contribution is 0.0794. The van der Waals surface area contributed by atoms with Gasteiger partial charge in [0.15, 0.2) is 0 Å². The van der Waals surface area contributed by atoms with Gasteiger partial charge < -0.3 is 20.1 Å². The second kappa shape index (κ2) is 8.20. The number of ether oxygens (including phenoxy) is 1. The van der Waals surface area contributed by atoms with Crippen molar-refractivity contribution in [3.8, 4) is 0 Å². The number of rotatable bonds is 11. The van der Waals surface area contributed by atoms with Crippen LogP contribution in [0.25, 0.3) is 0 Å². The third kappa shape index (κ3) is 6.70. The van der Waals surface area contributed by atoms with Crippen LogP contribution < -0.4 is 5.32 Å². The molecule has 0 saturated heterocycles. The first-order valence-corrected chi connectivity index (χ1v) is 7.64. The van der Waals surface area contributed by atoms with Gasteiger partial charge in [-0.25, -0.2) is 0 Å². The highest BCUT2D eigenvalue weighted by Crippen LogP contribution is 2.28. The molecule has 0 aromatic carbocycles. The molecule has 1 saturated carbocycles. The highest BCUT2D eigenvalue weighted by molar-refractivity contribution is 4.86. The van der Waals surface area contributed by atoms with Crippen LogP contribution >= 0.6 is 0 Å². The zero-order valence-corrected chi connectivity index (χ0v) is 13.1. The Kier molecular flexibility index (Phi) is 7.29. The zero-order valence-electron chi connectivity index (χ0n) is 13.1. The largest absolute Gasteiger partial charge is 0.394 e. The Hall–Kier alpha value is -0.160. The van der Waals surface area contributed by atoms with E-state index in [1.165, 1.54) is 12.8 Å². The molecule has 1 aliphatic rings. The summed E-state index contributed by atoms with van der Waals surface area (Å²) < 4.78 is 5.68. The van der Waals surface area contributed by atoms with E-state index in [9.17, 15) is 5.11 Å². The lowest BCUT2D eigenvalue weighted by atomic mass is 9.94. The number of hydrogen-bond donors (Lipinski definition) is 2. The molecule has 1 rings (SSSR count). The fraction of sp³-hybridized carbons (Fsp3) is 1.00. The zero-order chi connectivity index (χ0) is 14.3. The minimum atomic E-state index is -0.183. The minimum absolute atomic E-state index is 0.178. The monoisotopic (exact) mass is 272 g/mol. The van der Waals surface area contributed by atoms with Gasteiger partial charge in [-0.15, -0.1) is 0 Å². The number of aliphatic hydroxyl groups is 1. The molecule has 2 atom stereocenters. The van der Waals surface area contributed by atoms with E-state index in [1.54, 1.807) is 0 Å². The summed E-state index contributed by atoms with van der Waals surface area (Å²) in [6.07, 6.45) is 3.64. The van der Waals surface area contributed by atoms with E-state index in [0.29, 0.717) is 6.04 Å². The first kappa shape index (κ1) is 16.9. The van der Waals surface area contributed by atoms with Crippen LogP contribution in [-0.4, -0.2) is 61.5 Å². The SMILES string of the molecule is CCNC(C)(CO)CC(C)N(C)CCOCC1CC1. The molecule has 0 radical (unpaired) electrons. The van der Waals surface area contributed by atoms with Crippen LogP contribution in [0, 0.1) is 5.92 Å². The molecule has 1 fully saturated rings. The maximum atomic E-state index is 9.52. The van der Waals surface area contributed by atoms with Gasteiger partial charge in [0.05, 0.1) is 13.2 Å². The highest BCUT2D eigenvalue weighted by Gasteiger charge is 2.26. The molecule has 0 heterocycles. The Bertz CT molecular complexity index is 246. The summed E-state index contributed by atoms with van der Waals surface area (Å²) in [4.78, 5) is 2.32. The molecular weight excluding hydrogens is 240 g/mol. The highest BCUT2D eigenvalue weighted by atomic mass is 16.5. The predicted octanol–water partition coefficient (Wildman–Crippen LogP) is 1.48. The number of hydrogen-bond acceptors (Lipinski definition) is 4. The molecule has 114 valence electrons. The van der Waals surface area contributed by atoms with Gasteiger partial charge in [-0.3, -0.25) is 0 Å². The van der Waals surface area contributed by atoms with Gasteiger partial charge in [0.1, 0.15) is 0 Å². The van der Waals surface area contributed by atoms with Crippen molar-refractivity contribution in [1.29, 1.82) is 0 Å². The molecule has 19 heavy (non-hydrogen) atoms. The van der Waals surface area contributed by atoms with Gasteiger partial charge in [-0.05, 0) is 52.6 Å². The van der Waals surface area contributed by atoms with E-state index in [4.69, 9.17) is 4.74 Å². The minimum Gasteiger partial charge on any atom is -0.394 e. The molecule has 0 spiro atoms. The Morgan fingerprint density at radius 2 is 2.16 bits per heavy atom. The molecule has 0 aromatic heterocycles. The van der Waals surface area contributed by atoms with E-state index in [2.05, 4.69) is 38.0 Å². The molecule has 0 aromatic rings. The van der Waals surface area contributed by atoms with Gasteiger partial charge in [0.25, 0.3) is 0 Å². The summed E-state index contributed by atoms with van der Waals surface area (Å²) in [5.74, 6) is 0.842. The van der Waals surface area contributed by atoms with Crippen LogP contribution in [0.4, 0.5) is 0 Å². The summed E-state index contributed by atoms with van der Waals surface area (Å²) in [7, 11) is 2.13. The van der Waals surface area contributed by atoms with Gasteiger partial charge in [0.2, 0.25) is 0 Å². The average Bonchev–Trinajstić information content (AvgIpc) is 3.18.